The Hall–Kier alpha value is -0.870. The minimum atomic E-state index is 0.0535. The van der Waals surface area contributed by atoms with Gasteiger partial charge in [-0.15, -0.1) is 0 Å². The van der Waals surface area contributed by atoms with E-state index in [1.165, 1.54) is 5.69 Å². The van der Waals surface area contributed by atoms with Crippen LogP contribution in [0.25, 0.3) is 0 Å². The summed E-state index contributed by atoms with van der Waals surface area (Å²) in [6.07, 6.45) is 5.46. The highest BCUT2D eigenvalue weighted by atomic mass is 15.3. The number of likely N-dealkylation sites (tertiary alicyclic amines) is 1. The maximum atomic E-state index is 6.18. The third-order valence-corrected chi connectivity index (χ3v) is 4.15. The molecule has 0 radical (unpaired) electrons. The van der Waals surface area contributed by atoms with Crippen LogP contribution >= 0.6 is 0 Å². The highest BCUT2D eigenvalue weighted by Gasteiger charge is 2.37. The van der Waals surface area contributed by atoms with Crippen molar-refractivity contribution >= 4 is 0 Å². The standard InChI is InChI=1S/C14H26N4/c1-4-13(5-2)18-8-7-12(16-18)9-17-10-14(15,6-3)11-17/h7-8,13H,4-6,9-11,15H2,1-3H3. The molecule has 0 amide bonds. The van der Waals surface area contributed by atoms with Gasteiger partial charge >= 0.3 is 0 Å². The molecule has 0 unspecified atom stereocenters. The maximum absolute atomic E-state index is 6.18. The van der Waals surface area contributed by atoms with Crippen molar-refractivity contribution < 1.29 is 0 Å². The fourth-order valence-corrected chi connectivity index (χ4v) is 2.74. The molecule has 2 heterocycles. The predicted octanol–water partition coefficient (Wildman–Crippen LogP) is 2.17. The van der Waals surface area contributed by atoms with E-state index in [1.54, 1.807) is 0 Å². The van der Waals surface area contributed by atoms with E-state index in [2.05, 4.69) is 47.7 Å². The number of rotatable bonds is 6. The third-order valence-electron chi connectivity index (χ3n) is 4.15. The second-order valence-electron chi connectivity index (χ2n) is 5.62. The van der Waals surface area contributed by atoms with E-state index in [0.29, 0.717) is 6.04 Å². The SMILES string of the molecule is CCC(CC)n1ccc(CN2CC(N)(CC)C2)n1. The summed E-state index contributed by atoms with van der Waals surface area (Å²) in [7, 11) is 0. The van der Waals surface area contributed by atoms with Gasteiger partial charge in [0.2, 0.25) is 0 Å². The first-order valence-electron chi connectivity index (χ1n) is 7.15. The Morgan fingerprint density at radius 3 is 2.56 bits per heavy atom. The van der Waals surface area contributed by atoms with Gasteiger partial charge < -0.3 is 5.73 Å². The lowest BCUT2D eigenvalue weighted by atomic mass is 9.88. The van der Waals surface area contributed by atoms with Crippen LogP contribution in [-0.2, 0) is 6.54 Å². The van der Waals surface area contributed by atoms with Crippen LogP contribution in [0.3, 0.4) is 0 Å². The van der Waals surface area contributed by atoms with Gasteiger partial charge in [-0.2, -0.15) is 5.10 Å². The lowest BCUT2D eigenvalue weighted by Gasteiger charge is -2.47. The Labute approximate surface area is 110 Å². The summed E-state index contributed by atoms with van der Waals surface area (Å²) in [6, 6.07) is 2.68. The Morgan fingerprint density at radius 1 is 1.33 bits per heavy atom. The van der Waals surface area contributed by atoms with E-state index in [9.17, 15) is 0 Å². The summed E-state index contributed by atoms with van der Waals surface area (Å²) < 4.78 is 2.12. The fraction of sp³-hybridized carbons (Fsp3) is 0.786. The van der Waals surface area contributed by atoms with Gasteiger partial charge in [0.15, 0.2) is 0 Å². The molecule has 0 spiro atoms. The van der Waals surface area contributed by atoms with Gasteiger partial charge in [-0.05, 0) is 25.3 Å². The lowest BCUT2D eigenvalue weighted by molar-refractivity contribution is 0.0593. The molecule has 2 rings (SSSR count). The van der Waals surface area contributed by atoms with E-state index >= 15 is 0 Å². The van der Waals surface area contributed by atoms with Crippen molar-refractivity contribution in [2.75, 3.05) is 13.1 Å². The van der Waals surface area contributed by atoms with Gasteiger partial charge in [0, 0.05) is 31.4 Å². The molecule has 4 heteroatoms. The van der Waals surface area contributed by atoms with E-state index in [1.807, 2.05) is 0 Å². The molecule has 0 aromatic carbocycles. The fourth-order valence-electron chi connectivity index (χ4n) is 2.74. The molecule has 18 heavy (non-hydrogen) atoms. The summed E-state index contributed by atoms with van der Waals surface area (Å²) in [5.41, 5.74) is 7.40. The number of nitrogens with two attached hydrogens (primary N) is 1. The van der Waals surface area contributed by atoms with Crippen molar-refractivity contribution in [3.63, 3.8) is 0 Å². The largest absolute Gasteiger partial charge is 0.323 e. The quantitative estimate of drug-likeness (QED) is 0.841. The van der Waals surface area contributed by atoms with Crippen molar-refractivity contribution in [2.45, 2.75) is 58.2 Å². The molecule has 102 valence electrons. The van der Waals surface area contributed by atoms with Crippen LogP contribution in [0, 0.1) is 0 Å². The Morgan fingerprint density at radius 2 is 2.00 bits per heavy atom. The minimum absolute atomic E-state index is 0.0535. The van der Waals surface area contributed by atoms with Crippen LogP contribution < -0.4 is 5.73 Å². The predicted molar refractivity (Wildman–Crippen MR) is 74.3 cm³/mol. The molecule has 1 aromatic rings. The highest BCUT2D eigenvalue weighted by Crippen LogP contribution is 2.23. The zero-order valence-electron chi connectivity index (χ0n) is 11.9. The normalized spacial score (nSPS) is 19.2. The molecule has 1 aliphatic rings. The van der Waals surface area contributed by atoms with E-state index in [-0.39, 0.29) is 5.54 Å². The average molecular weight is 250 g/mol. The van der Waals surface area contributed by atoms with E-state index in [0.717, 1.165) is 38.9 Å². The Balaban J connectivity index is 1.88. The van der Waals surface area contributed by atoms with Crippen molar-refractivity contribution in [3.05, 3.63) is 18.0 Å². The van der Waals surface area contributed by atoms with Crippen LogP contribution in [0.15, 0.2) is 12.3 Å². The van der Waals surface area contributed by atoms with Gasteiger partial charge in [-0.1, -0.05) is 20.8 Å². The number of aromatic nitrogens is 2. The molecule has 1 saturated heterocycles. The molecule has 1 aromatic heterocycles. The zero-order chi connectivity index (χ0) is 13.2. The topological polar surface area (TPSA) is 47.1 Å². The van der Waals surface area contributed by atoms with Crippen molar-refractivity contribution in [1.82, 2.24) is 14.7 Å². The second-order valence-corrected chi connectivity index (χ2v) is 5.62. The molecule has 0 saturated carbocycles. The van der Waals surface area contributed by atoms with Crippen LogP contribution in [-0.4, -0.2) is 33.3 Å². The summed E-state index contributed by atoms with van der Waals surface area (Å²) in [4.78, 5) is 2.38. The molecule has 0 bridgehead atoms. The molecular formula is C14H26N4. The van der Waals surface area contributed by atoms with Crippen molar-refractivity contribution in [2.24, 2.45) is 5.73 Å². The van der Waals surface area contributed by atoms with Crippen LogP contribution in [0.4, 0.5) is 0 Å². The van der Waals surface area contributed by atoms with Gasteiger partial charge in [-0.3, -0.25) is 9.58 Å². The molecule has 1 fully saturated rings. The zero-order valence-corrected chi connectivity index (χ0v) is 11.9. The molecule has 2 N–H and O–H groups in total. The van der Waals surface area contributed by atoms with Crippen LogP contribution in [0.2, 0.25) is 0 Å². The lowest BCUT2D eigenvalue weighted by Crippen LogP contribution is -2.66. The Kier molecular flexibility index (Phi) is 4.07. The molecule has 1 aliphatic heterocycles. The molecular weight excluding hydrogens is 224 g/mol. The summed E-state index contributed by atoms with van der Waals surface area (Å²) in [6.45, 7) is 9.54. The van der Waals surface area contributed by atoms with E-state index < -0.39 is 0 Å². The molecule has 0 aliphatic carbocycles. The van der Waals surface area contributed by atoms with Gasteiger partial charge in [-0.25, -0.2) is 0 Å². The molecule has 4 nitrogen and oxygen atoms in total. The number of hydrogen-bond acceptors (Lipinski definition) is 3. The summed E-state index contributed by atoms with van der Waals surface area (Å²) >= 11 is 0. The summed E-state index contributed by atoms with van der Waals surface area (Å²) in [5.74, 6) is 0. The van der Waals surface area contributed by atoms with E-state index in [4.69, 9.17) is 5.73 Å². The smallest absolute Gasteiger partial charge is 0.0764 e. The second kappa shape index (κ2) is 5.41. The first-order valence-corrected chi connectivity index (χ1v) is 7.15. The summed E-state index contributed by atoms with van der Waals surface area (Å²) in [5, 5.41) is 4.68. The third kappa shape index (κ3) is 2.75. The maximum Gasteiger partial charge on any atom is 0.0764 e. The number of nitrogens with zero attached hydrogens (tertiary/aromatic N) is 3. The van der Waals surface area contributed by atoms with Gasteiger partial charge in [0.1, 0.15) is 0 Å². The number of hydrogen-bond donors (Lipinski definition) is 1. The first kappa shape index (κ1) is 13.6. The minimum Gasteiger partial charge on any atom is -0.323 e. The highest BCUT2D eigenvalue weighted by molar-refractivity contribution is 5.05. The van der Waals surface area contributed by atoms with Gasteiger partial charge in [0.25, 0.3) is 0 Å². The van der Waals surface area contributed by atoms with Crippen molar-refractivity contribution in [3.8, 4) is 0 Å². The van der Waals surface area contributed by atoms with Crippen LogP contribution in [0.5, 0.6) is 0 Å². The van der Waals surface area contributed by atoms with Gasteiger partial charge in [0.05, 0.1) is 11.7 Å². The Bertz CT molecular complexity index is 375. The average Bonchev–Trinajstić information content (AvgIpc) is 2.77. The monoisotopic (exact) mass is 250 g/mol. The first-order chi connectivity index (χ1) is 8.60. The van der Waals surface area contributed by atoms with Crippen molar-refractivity contribution in [1.29, 1.82) is 0 Å². The molecule has 0 atom stereocenters. The van der Waals surface area contributed by atoms with Crippen LogP contribution in [0.1, 0.15) is 51.8 Å².